The number of hydrogen-bond donors (Lipinski definition) is 2. The number of rotatable bonds is 8. The van der Waals surface area contributed by atoms with Crippen LogP contribution >= 0.6 is 0 Å². The van der Waals surface area contributed by atoms with Crippen molar-refractivity contribution in [3.05, 3.63) is 72.1 Å². The first-order valence-corrected chi connectivity index (χ1v) is 10.9. The highest BCUT2D eigenvalue weighted by Gasteiger charge is 2.28. The van der Waals surface area contributed by atoms with Crippen LogP contribution in [-0.4, -0.2) is 43.2 Å². The molecule has 2 aromatic carbocycles. The summed E-state index contributed by atoms with van der Waals surface area (Å²) in [5, 5.41) is 12.6. The number of benzene rings is 2. The van der Waals surface area contributed by atoms with Gasteiger partial charge in [-0.3, -0.25) is 23.7 Å². The third-order valence-corrected chi connectivity index (χ3v) is 5.61. The van der Waals surface area contributed by atoms with Crippen LogP contribution in [0.4, 0.5) is 0 Å². The summed E-state index contributed by atoms with van der Waals surface area (Å²) in [6.45, 7) is 4.09. The highest BCUT2D eigenvalue weighted by molar-refractivity contribution is 6.38. The Morgan fingerprint density at radius 1 is 1.06 bits per heavy atom. The molecule has 0 fully saturated rings. The van der Waals surface area contributed by atoms with Crippen molar-refractivity contribution < 1.29 is 14.4 Å². The van der Waals surface area contributed by atoms with E-state index in [9.17, 15) is 14.4 Å². The fourth-order valence-corrected chi connectivity index (χ4v) is 4.01. The first kappa shape index (κ1) is 22.9. The van der Waals surface area contributed by atoms with Gasteiger partial charge >= 0.3 is 0 Å². The topological polar surface area (TPSA) is 125 Å². The molecule has 9 heteroatoms. The summed E-state index contributed by atoms with van der Waals surface area (Å²) in [6, 6.07) is 13.9. The number of amides is 2. The lowest BCUT2D eigenvalue weighted by molar-refractivity contribution is -0.137. The van der Waals surface area contributed by atoms with Crippen LogP contribution in [0, 0.1) is 0 Å². The molecule has 2 heterocycles. The summed E-state index contributed by atoms with van der Waals surface area (Å²) in [6.07, 6.45) is 3.49. The van der Waals surface area contributed by atoms with E-state index in [1.54, 1.807) is 19.4 Å². The van der Waals surface area contributed by atoms with E-state index in [-0.39, 0.29) is 18.0 Å². The van der Waals surface area contributed by atoms with Crippen molar-refractivity contribution in [2.45, 2.75) is 32.4 Å². The first-order chi connectivity index (χ1) is 16.3. The molecule has 0 radical (unpaired) electrons. The van der Waals surface area contributed by atoms with Crippen LogP contribution in [-0.2, 0) is 23.1 Å². The molecule has 0 aliphatic heterocycles. The summed E-state index contributed by atoms with van der Waals surface area (Å²) < 4.78 is 3.45. The van der Waals surface area contributed by atoms with Gasteiger partial charge in [0.25, 0.3) is 11.8 Å². The Kier molecular flexibility index (Phi) is 6.27. The minimum atomic E-state index is -1.10. The van der Waals surface area contributed by atoms with E-state index in [1.807, 2.05) is 67.1 Å². The maximum Gasteiger partial charge on any atom is 0.287 e. The molecule has 1 unspecified atom stereocenters. The Bertz CT molecular complexity index is 1370. The third kappa shape index (κ3) is 4.45. The van der Waals surface area contributed by atoms with Gasteiger partial charge in [-0.2, -0.15) is 10.2 Å². The molecule has 2 amide bonds. The number of fused-ring (bicyclic) bond motifs is 1. The SMILES string of the molecule is CC(C)n1ncc2c(-c3nn(C)cc3C(=O)NC(Cc3ccccc3)C(=O)C(N)=O)cccc21. The molecule has 0 saturated heterocycles. The van der Waals surface area contributed by atoms with Crippen LogP contribution in [0.5, 0.6) is 0 Å². The van der Waals surface area contributed by atoms with Crippen molar-refractivity contribution in [1.82, 2.24) is 24.9 Å². The fraction of sp³-hybridized carbons (Fsp3) is 0.240. The summed E-state index contributed by atoms with van der Waals surface area (Å²) in [5.41, 5.74) is 8.45. The normalized spacial score (nSPS) is 12.1. The van der Waals surface area contributed by atoms with Crippen LogP contribution in [0.1, 0.15) is 35.8 Å². The number of aromatic nitrogens is 4. The molecule has 0 saturated carbocycles. The molecule has 4 aromatic rings. The Labute approximate surface area is 196 Å². The van der Waals surface area contributed by atoms with Crippen molar-refractivity contribution in [2.75, 3.05) is 0 Å². The fourth-order valence-electron chi connectivity index (χ4n) is 4.01. The lowest BCUT2D eigenvalue weighted by Crippen LogP contribution is -2.47. The largest absolute Gasteiger partial charge is 0.363 e. The Balaban J connectivity index is 1.71. The Hall–Kier alpha value is -4.27. The molecule has 2 aromatic heterocycles. The lowest BCUT2D eigenvalue weighted by Gasteiger charge is -2.16. The molecule has 1 atom stereocenters. The van der Waals surface area contributed by atoms with Crippen molar-refractivity contribution in [3.8, 4) is 11.3 Å². The van der Waals surface area contributed by atoms with Crippen molar-refractivity contribution in [2.24, 2.45) is 12.8 Å². The average Bonchev–Trinajstić information content (AvgIpc) is 3.42. The molecule has 3 N–H and O–H groups in total. The van der Waals surface area contributed by atoms with Gasteiger partial charge in [0.2, 0.25) is 5.78 Å². The highest BCUT2D eigenvalue weighted by Crippen LogP contribution is 2.31. The van der Waals surface area contributed by atoms with Gasteiger partial charge in [-0.15, -0.1) is 0 Å². The maximum atomic E-state index is 13.3. The van der Waals surface area contributed by atoms with E-state index in [0.29, 0.717) is 5.69 Å². The number of primary amides is 1. The Morgan fingerprint density at radius 3 is 2.47 bits per heavy atom. The van der Waals surface area contributed by atoms with Gasteiger partial charge in [-0.05, 0) is 25.5 Å². The maximum absolute atomic E-state index is 13.3. The van der Waals surface area contributed by atoms with Crippen LogP contribution in [0.3, 0.4) is 0 Å². The van der Waals surface area contributed by atoms with E-state index in [0.717, 1.165) is 22.0 Å². The van der Waals surface area contributed by atoms with Crippen molar-refractivity contribution in [3.63, 3.8) is 0 Å². The van der Waals surface area contributed by atoms with Gasteiger partial charge in [-0.25, -0.2) is 0 Å². The Morgan fingerprint density at radius 2 is 1.79 bits per heavy atom. The molecular weight excluding hydrogens is 432 g/mol. The van der Waals surface area contributed by atoms with E-state index < -0.39 is 23.6 Å². The summed E-state index contributed by atoms with van der Waals surface area (Å²) in [4.78, 5) is 37.5. The average molecular weight is 459 g/mol. The van der Waals surface area contributed by atoms with Crippen molar-refractivity contribution in [1.29, 1.82) is 0 Å². The van der Waals surface area contributed by atoms with E-state index in [2.05, 4.69) is 15.5 Å². The number of nitrogens with one attached hydrogen (secondary N) is 1. The second-order valence-corrected chi connectivity index (χ2v) is 8.43. The van der Waals surface area contributed by atoms with Gasteiger partial charge in [0.05, 0.1) is 17.3 Å². The summed E-state index contributed by atoms with van der Waals surface area (Å²) >= 11 is 0. The molecule has 0 bridgehead atoms. The monoisotopic (exact) mass is 458 g/mol. The minimum Gasteiger partial charge on any atom is -0.363 e. The van der Waals surface area contributed by atoms with E-state index in [1.165, 1.54) is 4.68 Å². The van der Waals surface area contributed by atoms with Gasteiger partial charge in [0.15, 0.2) is 0 Å². The molecule has 34 heavy (non-hydrogen) atoms. The molecule has 9 nitrogen and oxygen atoms in total. The summed E-state index contributed by atoms with van der Waals surface area (Å²) in [7, 11) is 1.72. The van der Waals surface area contributed by atoms with Gasteiger partial charge in [-0.1, -0.05) is 42.5 Å². The standard InChI is InChI=1S/C25H26N6O3/c1-15(2)31-21-11-7-10-17(18(21)13-27-31)22-19(14-30(3)29-22)25(34)28-20(23(32)24(26)33)12-16-8-5-4-6-9-16/h4-11,13-15,20H,12H2,1-3H3,(H2,26,33)(H,28,34). The summed E-state index contributed by atoms with van der Waals surface area (Å²) in [5.74, 6) is -2.48. The van der Waals surface area contributed by atoms with Crippen LogP contribution in [0.2, 0.25) is 0 Å². The third-order valence-electron chi connectivity index (χ3n) is 5.61. The van der Waals surface area contributed by atoms with Crippen molar-refractivity contribution >= 4 is 28.5 Å². The minimum absolute atomic E-state index is 0.140. The number of nitrogens with zero attached hydrogens (tertiary/aromatic N) is 4. The van der Waals surface area contributed by atoms with Crippen LogP contribution in [0.25, 0.3) is 22.2 Å². The van der Waals surface area contributed by atoms with E-state index >= 15 is 0 Å². The number of carbonyl (C=O) groups is 3. The number of aryl methyl sites for hydroxylation is 1. The zero-order valence-electron chi connectivity index (χ0n) is 19.2. The number of carbonyl (C=O) groups excluding carboxylic acids is 3. The zero-order valence-corrected chi connectivity index (χ0v) is 19.2. The second-order valence-electron chi connectivity index (χ2n) is 8.43. The van der Waals surface area contributed by atoms with Gasteiger partial charge < -0.3 is 11.1 Å². The smallest absolute Gasteiger partial charge is 0.287 e. The molecule has 174 valence electrons. The molecule has 4 rings (SSSR count). The second kappa shape index (κ2) is 9.30. The lowest BCUT2D eigenvalue weighted by atomic mass is 10.0. The highest BCUT2D eigenvalue weighted by atomic mass is 16.2. The number of hydrogen-bond acceptors (Lipinski definition) is 5. The van der Waals surface area contributed by atoms with Crippen LogP contribution in [0.15, 0.2) is 60.9 Å². The number of Topliss-reactive ketones (excluding diaryl/α,β-unsaturated/α-hetero) is 1. The van der Waals surface area contributed by atoms with Gasteiger partial charge in [0.1, 0.15) is 11.7 Å². The first-order valence-electron chi connectivity index (χ1n) is 10.9. The molecule has 0 aliphatic rings. The zero-order chi connectivity index (χ0) is 24.4. The van der Waals surface area contributed by atoms with Gasteiger partial charge in [0, 0.05) is 36.7 Å². The molecule has 0 spiro atoms. The van der Waals surface area contributed by atoms with E-state index in [4.69, 9.17) is 5.73 Å². The number of nitrogens with two attached hydrogens (primary N) is 1. The quantitative estimate of drug-likeness (QED) is 0.392. The molecule has 0 aliphatic carbocycles. The predicted molar refractivity (Wildman–Crippen MR) is 128 cm³/mol. The predicted octanol–water partition coefficient (Wildman–Crippen LogP) is 2.41. The molecular formula is C25H26N6O3. The van der Waals surface area contributed by atoms with Crippen LogP contribution < -0.4 is 11.1 Å². The number of ketones is 1.